The van der Waals surface area contributed by atoms with Crippen molar-refractivity contribution in [3.63, 3.8) is 0 Å². The van der Waals surface area contributed by atoms with Crippen LogP contribution in [-0.4, -0.2) is 44.6 Å². The zero-order valence-electron chi connectivity index (χ0n) is 34.4. The molecule has 5 aromatic carbocycles. The van der Waals surface area contributed by atoms with Crippen LogP contribution in [0.4, 0.5) is 0 Å². The molecular weight excluding hydrogens is 709 g/mol. The molecule has 5 rings (SSSR count). The predicted molar refractivity (Wildman–Crippen MR) is 228 cm³/mol. The minimum atomic E-state index is -1.70. The van der Waals surface area contributed by atoms with Crippen LogP contribution in [-0.2, 0) is 25.8 Å². The second-order valence-electron chi connectivity index (χ2n) is 17.2. The Hall–Kier alpha value is -5.04. The van der Waals surface area contributed by atoms with Crippen molar-refractivity contribution < 1.29 is 30.0 Å². The van der Waals surface area contributed by atoms with E-state index in [4.69, 9.17) is 0 Å². The molecule has 300 valence electrons. The number of carboxylic acid groups (broad SMARTS) is 2. The lowest BCUT2D eigenvalue weighted by molar-refractivity contribution is -0.152. The number of rotatable bonds is 18. The maximum absolute atomic E-state index is 14.6. The van der Waals surface area contributed by atoms with E-state index in [1.807, 2.05) is 193 Å². The smallest absolute Gasteiger partial charge is 0.314 e. The SMILES string of the molecule is CC(C)C(c1ccccc1)C(C(=O)O)C(C)C(O)C(c1ccccc1)C(C)C(CC(C)(c1ccccc1)C(O)C(C)(C)c1ccccc1)(C(=O)O)c1ccccc1. The molecule has 0 aliphatic heterocycles. The van der Waals surface area contributed by atoms with E-state index in [0.717, 1.165) is 16.7 Å². The highest BCUT2D eigenvalue weighted by molar-refractivity contribution is 5.82. The fourth-order valence-electron chi connectivity index (χ4n) is 9.92. The first-order valence-corrected chi connectivity index (χ1v) is 20.2. The first-order valence-electron chi connectivity index (χ1n) is 20.2. The van der Waals surface area contributed by atoms with Crippen LogP contribution in [0.5, 0.6) is 0 Å². The Morgan fingerprint density at radius 3 is 1.33 bits per heavy atom. The molecule has 0 amide bonds. The van der Waals surface area contributed by atoms with Gasteiger partial charge in [0.05, 0.1) is 23.5 Å². The molecule has 0 saturated heterocycles. The van der Waals surface area contributed by atoms with E-state index >= 15 is 0 Å². The topological polar surface area (TPSA) is 115 Å². The molecular formula is C51H60O6. The molecule has 9 atom stereocenters. The molecule has 0 aliphatic carbocycles. The number of benzene rings is 5. The lowest BCUT2D eigenvalue weighted by atomic mass is 9.53. The van der Waals surface area contributed by atoms with Crippen molar-refractivity contribution in [1.29, 1.82) is 0 Å². The van der Waals surface area contributed by atoms with Crippen molar-refractivity contribution >= 4 is 11.9 Å². The van der Waals surface area contributed by atoms with Crippen LogP contribution in [0.25, 0.3) is 0 Å². The van der Waals surface area contributed by atoms with Crippen LogP contribution in [0.2, 0.25) is 0 Å². The van der Waals surface area contributed by atoms with Gasteiger partial charge < -0.3 is 20.4 Å². The molecule has 0 heterocycles. The average molecular weight is 769 g/mol. The van der Waals surface area contributed by atoms with Gasteiger partial charge >= 0.3 is 11.9 Å². The molecule has 0 bridgehead atoms. The van der Waals surface area contributed by atoms with E-state index in [1.54, 1.807) is 6.92 Å². The summed E-state index contributed by atoms with van der Waals surface area (Å²) >= 11 is 0. The quantitative estimate of drug-likeness (QED) is 0.0706. The van der Waals surface area contributed by atoms with E-state index in [1.165, 1.54) is 0 Å². The fraction of sp³-hybridized carbons (Fsp3) is 0.373. The first-order chi connectivity index (χ1) is 27.1. The lowest BCUT2D eigenvalue weighted by Crippen LogP contribution is -2.56. The van der Waals surface area contributed by atoms with Gasteiger partial charge in [-0.3, -0.25) is 9.59 Å². The van der Waals surface area contributed by atoms with E-state index in [9.17, 15) is 30.0 Å². The van der Waals surface area contributed by atoms with Gasteiger partial charge in [0.15, 0.2) is 0 Å². The molecule has 6 heteroatoms. The number of aliphatic hydroxyl groups excluding tert-OH is 2. The number of carbonyl (C=O) groups is 2. The molecule has 0 saturated carbocycles. The van der Waals surface area contributed by atoms with Gasteiger partial charge in [0, 0.05) is 16.7 Å². The highest BCUT2D eigenvalue weighted by Gasteiger charge is 2.57. The number of carboxylic acids is 2. The molecule has 0 fully saturated rings. The Balaban J connectivity index is 1.75. The van der Waals surface area contributed by atoms with Gasteiger partial charge in [-0.05, 0) is 57.9 Å². The molecule has 0 aromatic heterocycles. The minimum absolute atomic E-state index is 0.0343. The average Bonchev–Trinajstić information content (AvgIpc) is 3.22. The van der Waals surface area contributed by atoms with Crippen LogP contribution in [0.15, 0.2) is 152 Å². The summed E-state index contributed by atoms with van der Waals surface area (Å²) in [5.74, 6) is -6.03. The Morgan fingerprint density at radius 1 is 0.544 bits per heavy atom. The molecule has 57 heavy (non-hydrogen) atoms. The standard InChI is InChI=1S/C51H60O6/c1-34(2)42(37-23-13-8-14-24-37)43(46(53)54)35(3)45(52)44(38-25-15-9-16-26-38)36(4)51(48(56)57,41-31-21-12-22-32-41)33-50(7,40-29-19-11-20-30-40)47(55)49(5,6)39-27-17-10-18-28-39/h8-32,34-36,42-45,47,52,55H,33H2,1-7H3,(H,53,54)(H,56,57). The Bertz CT molecular complexity index is 2020. The summed E-state index contributed by atoms with van der Waals surface area (Å²) in [5.41, 5.74) is 0.157. The van der Waals surface area contributed by atoms with Crippen LogP contribution < -0.4 is 0 Å². The summed E-state index contributed by atoms with van der Waals surface area (Å²) in [6.45, 7) is 13.6. The van der Waals surface area contributed by atoms with E-state index in [0.29, 0.717) is 11.1 Å². The minimum Gasteiger partial charge on any atom is -0.481 e. The molecule has 5 aromatic rings. The Kier molecular flexibility index (Phi) is 13.6. The second kappa shape index (κ2) is 18.0. The Morgan fingerprint density at radius 2 is 0.930 bits per heavy atom. The van der Waals surface area contributed by atoms with Crippen molar-refractivity contribution in [2.75, 3.05) is 0 Å². The van der Waals surface area contributed by atoms with Crippen molar-refractivity contribution in [3.05, 3.63) is 179 Å². The van der Waals surface area contributed by atoms with Gasteiger partial charge in [0.1, 0.15) is 0 Å². The van der Waals surface area contributed by atoms with Crippen molar-refractivity contribution in [1.82, 2.24) is 0 Å². The summed E-state index contributed by atoms with van der Waals surface area (Å²) < 4.78 is 0. The van der Waals surface area contributed by atoms with Crippen LogP contribution in [0.1, 0.15) is 94.5 Å². The van der Waals surface area contributed by atoms with Gasteiger partial charge in [-0.15, -0.1) is 0 Å². The number of hydrogen-bond acceptors (Lipinski definition) is 4. The summed E-state index contributed by atoms with van der Waals surface area (Å²) in [6.07, 6.45) is -2.38. The predicted octanol–water partition coefficient (Wildman–Crippen LogP) is 10.3. The van der Waals surface area contributed by atoms with E-state index in [-0.39, 0.29) is 12.3 Å². The number of hydrogen-bond donors (Lipinski definition) is 4. The fourth-order valence-corrected chi connectivity index (χ4v) is 9.92. The van der Waals surface area contributed by atoms with Crippen LogP contribution >= 0.6 is 0 Å². The van der Waals surface area contributed by atoms with Crippen LogP contribution in [0.3, 0.4) is 0 Å². The van der Waals surface area contributed by atoms with E-state index in [2.05, 4.69) is 0 Å². The summed E-state index contributed by atoms with van der Waals surface area (Å²) in [4.78, 5) is 28.0. The Labute approximate surface area is 339 Å². The third-order valence-corrected chi connectivity index (χ3v) is 13.1. The molecule has 4 N–H and O–H groups in total. The molecule has 6 nitrogen and oxygen atoms in total. The van der Waals surface area contributed by atoms with E-state index < -0.39 is 70.0 Å². The normalized spacial score (nSPS) is 17.9. The van der Waals surface area contributed by atoms with Crippen molar-refractivity contribution in [3.8, 4) is 0 Å². The zero-order valence-corrected chi connectivity index (χ0v) is 34.4. The first kappa shape index (κ1) is 43.1. The summed E-state index contributed by atoms with van der Waals surface area (Å²) in [7, 11) is 0. The third-order valence-electron chi connectivity index (χ3n) is 13.1. The van der Waals surface area contributed by atoms with Crippen molar-refractivity contribution in [2.45, 2.75) is 95.2 Å². The van der Waals surface area contributed by atoms with Crippen LogP contribution in [0, 0.1) is 23.7 Å². The number of aliphatic hydroxyl groups is 2. The summed E-state index contributed by atoms with van der Waals surface area (Å²) in [5, 5.41) is 48.7. The maximum Gasteiger partial charge on any atom is 0.314 e. The third kappa shape index (κ3) is 8.63. The highest BCUT2D eigenvalue weighted by Crippen LogP contribution is 2.54. The molecule has 0 spiro atoms. The van der Waals surface area contributed by atoms with Gasteiger partial charge in [0.25, 0.3) is 0 Å². The maximum atomic E-state index is 14.6. The van der Waals surface area contributed by atoms with Gasteiger partial charge in [0.2, 0.25) is 0 Å². The van der Waals surface area contributed by atoms with Gasteiger partial charge in [-0.1, -0.05) is 200 Å². The molecule has 9 unspecified atom stereocenters. The molecule has 0 aliphatic rings. The van der Waals surface area contributed by atoms with Gasteiger partial charge in [-0.25, -0.2) is 0 Å². The molecule has 0 radical (unpaired) electrons. The monoisotopic (exact) mass is 768 g/mol. The highest BCUT2D eigenvalue weighted by atomic mass is 16.4. The summed E-state index contributed by atoms with van der Waals surface area (Å²) in [6, 6.07) is 47.6. The second-order valence-corrected chi connectivity index (χ2v) is 17.2. The number of aliphatic carboxylic acids is 2. The van der Waals surface area contributed by atoms with Crippen molar-refractivity contribution in [2.24, 2.45) is 23.7 Å². The zero-order chi connectivity index (χ0) is 41.5. The lowest BCUT2D eigenvalue weighted by Gasteiger charge is -2.51. The van der Waals surface area contributed by atoms with Gasteiger partial charge in [-0.2, -0.15) is 0 Å². The largest absolute Gasteiger partial charge is 0.481 e.